The Morgan fingerprint density at radius 2 is 2.05 bits per heavy atom. The molecular formula is C15H19NO5. The Morgan fingerprint density at radius 1 is 1.38 bits per heavy atom. The third kappa shape index (κ3) is 5.76. The van der Waals surface area contributed by atoms with Crippen LogP contribution in [0.3, 0.4) is 0 Å². The van der Waals surface area contributed by atoms with Gasteiger partial charge in [-0.25, -0.2) is 4.79 Å². The number of carbonyl (C=O) groups excluding carboxylic acids is 1. The SMILES string of the molecule is C=C(CCOCc1ccccc1)C(O)C(NC=O)C(=O)O. The minimum atomic E-state index is -1.40. The fourth-order valence-corrected chi connectivity index (χ4v) is 1.72. The van der Waals surface area contributed by atoms with Gasteiger partial charge >= 0.3 is 5.97 Å². The van der Waals surface area contributed by atoms with E-state index in [9.17, 15) is 14.7 Å². The molecule has 6 heteroatoms. The van der Waals surface area contributed by atoms with Crippen molar-refractivity contribution >= 4 is 12.4 Å². The van der Waals surface area contributed by atoms with Crippen LogP contribution in [0.2, 0.25) is 0 Å². The molecule has 0 spiro atoms. The summed E-state index contributed by atoms with van der Waals surface area (Å²) in [5, 5.41) is 20.8. The topological polar surface area (TPSA) is 95.9 Å². The second-order valence-electron chi connectivity index (χ2n) is 4.49. The van der Waals surface area contributed by atoms with E-state index in [1.807, 2.05) is 35.6 Å². The van der Waals surface area contributed by atoms with E-state index in [4.69, 9.17) is 9.84 Å². The Hall–Kier alpha value is -2.18. The molecule has 0 fully saturated rings. The zero-order valence-corrected chi connectivity index (χ0v) is 11.6. The average molecular weight is 293 g/mol. The molecule has 0 saturated carbocycles. The number of carbonyl (C=O) groups is 2. The molecule has 1 rings (SSSR count). The number of benzene rings is 1. The van der Waals surface area contributed by atoms with Crippen molar-refractivity contribution in [2.24, 2.45) is 0 Å². The summed E-state index contributed by atoms with van der Waals surface area (Å²) in [6.07, 6.45) is -0.813. The Balaban J connectivity index is 2.35. The van der Waals surface area contributed by atoms with Crippen molar-refractivity contribution in [1.82, 2.24) is 5.32 Å². The van der Waals surface area contributed by atoms with Crippen LogP contribution in [0.4, 0.5) is 0 Å². The summed E-state index contributed by atoms with van der Waals surface area (Å²) in [6.45, 7) is 4.37. The van der Waals surface area contributed by atoms with Gasteiger partial charge < -0.3 is 20.3 Å². The van der Waals surface area contributed by atoms with Crippen molar-refractivity contribution in [3.05, 3.63) is 48.0 Å². The second-order valence-corrected chi connectivity index (χ2v) is 4.49. The summed E-state index contributed by atoms with van der Waals surface area (Å²) in [5.74, 6) is -1.32. The van der Waals surface area contributed by atoms with Crippen LogP contribution in [0.1, 0.15) is 12.0 Å². The number of amides is 1. The number of aliphatic carboxylic acids is 1. The predicted molar refractivity (Wildman–Crippen MR) is 76.5 cm³/mol. The number of aliphatic hydroxyl groups is 1. The maximum atomic E-state index is 10.9. The normalized spacial score (nSPS) is 13.2. The molecule has 0 radical (unpaired) electrons. The Labute approximate surface area is 123 Å². The van der Waals surface area contributed by atoms with E-state index in [2.05, 4.69) is 6.58 Å². The van der Waals surface area contributed by atoms with Crippen LogP contribution in [0, 0.1) is 0 Å². The fraction of sp³-hybridized carbons (Fsp3) is 0.333. The lowest BCUT2D eigenvalue weighted by atomic mass is 10.0. The van der Waals surface area contributed by atoms with Crippen LogP contribution < -0.4 is 5.32 Å². The Morgan fingerprint density at radius 3 is 2.62 bits per heavy atom. The van der Waals surface area contributed by atoms with Crippen LogP contribution in [-0.4, -0.2) is 41.3 Å². The first-order valence-electron chi connectivity index (χ1n) is 6.46. The molecule has 0 heterocycles. The van der Waals surface area contributed by atoms with E-state index in [1.165, 1.54) is 0 Å². The first-order valence-corrected chi connectivity index (χ1v) is 6.46. The summed E-state index contributed by atoms with van der Waals surface area (Å²) in [7, 11) is 0. The Bertz CT molecular complexity index is 474. The van der Waals surface area contributed by atoms with Crippen molar-refractivity contribution in [3.8, 4) is 0 Å². The van der Waals surface area contributed by atoms with Crippen LogP contribution in [-0.2, 0) is 20.9 Å². The molecule has 6 nitrogen and oxygen atoms in total. The molecule has 1 amide bonds. The van der Waals surface area contributed by atoms with E-state index in [0.29, 0.717) is 25.2 Å². The minimum Gasteiger partial charge on any atom is -0.480 e. The quantitative estimate of drug-likeness (QED) is 0.335. The van der Waals surface area contributed by atoms with Crippen molar-refractivity contribution in [1.29, 1.82) is 0 Å². The van der Waals surface area contributed by atoms with Crippen molar-refractivity contribution in [2.75, 3.05) is 6.61 Å². The largest absolute Gasteiger partial charge is 0.480 e. The van der Waals surface area contributed by atoms with Gasteiger partial charge in [0.2, 0.25) is 6.41 Å². The van der Waals surface area contributed by atoms with Gasteiger partial charge in [0.15, 0.2) is 6.04 Å². The molecule has 0 aliphatic heterocycles. The van der Waals surface area contributed by atoms with Crippen LogP contribution in [0.25, 0.3) is 0 Å². The molecule has 0 aliphatic carbocycles. The van der Waals surface area contributed by atoms with Crippen molar-refractivity contribution < 1.29 is 24.5 Å². The van der Waals surface area contributed by atoms with E-state index < -0.39 is 18.1 Å². The fourth-order valence-electron chi connectivity index (χ4n) is 1.72. The third-order valence-electron chi connectivity index (χ3n) is 2.93. The summed E-state index contributed by atoms with van der Waals surface area (Å²) in [4.78, 5) is 21.2. The molecule has 2 unspecified atom stereocenters. The van der Waals surface area contributed by atoms with Gasteiger partial charge in [-0.1, -0.05) is 36.9 Å². The van der Waals surface area contributed by atoms with E-state index in [1.54, 1.807) is 0 Å². The molecule has 1 aromatic carbocycles. The van der Waals surface area contributed by atoms with Gasteiger partial charge in [-0.3, -0.25) is 4.79 Å². The molecule has 2 atom stereocenters. The summed E-state index contributed by atoms with van der Waals surface area (Å²) >= 11 is 0. The van der Waals surface area contributed by atoms with Gasteiger partial charge in [-0.2, -0.15) is 0 Å². The number of carboxylic acid groups (broad SMARTS) is 1. The van der Waals surface area contributed by atoms with Gasteiger partial charge in [0, 0.05) is 0 Å². The number of aliphatic hydroxyl groups excluding tert-OH is 1. The maximum absolute atomic E-state index is 10.9. The highest BCUT2D eigenvalue weighted by Gasteiger charge is 2.27. The van der Waals surface area contributed by atoms with E-state index >= 15 is 0 Å². The number of hydrogen-bond donors (Lipinski definition) is 3. The number of nitrogens with one attached hydrogen (secondary N) is 1. The van der Waals surface area contributed by atoms with E-state index in [0.717, 1.165) is 5.56 Å². The van der Waals surface area contributed by atoms with Gasteiger partial charge in [-0.15, -0.1) is 0 Å². The smallest absolute Gasteiger partial charge is 0.329 e. The molecule has 0 aromatic heterocycles. The van der Waals surface area contributed by atoms with Crippen molar-refractivity contribution in [2.45, 2.75) is 25.2 Å². The van der Waals surface area contributed by atoms with Gasteiger partial charge in [0.05, 0.1) is 13.2 Å². The highest BCUT2D eigenvalue weighted by molar-refractivity contribution is 5.77. The van der Waals surface area contributed by atoms with Gasteiger partial charge in [0.1, 0.15) is 6.10 Å². The summed E-state index contributed by atoms with van der Waals surface area (Å²) < 4.78 is 5.43. The molecular weight excluding hydrogens is 274 g/mol. The average Bonchev–Trinajstić information content (AvgIpc) is 2.49. The molecule has 114 valence electrons. The van der Waals surface area contributed by atoms with Gasteiger partial charge in [-0.05, 0) is 17.6 Å². The maximum Gasteiger partial charge on any atom is 0.329 e. The number of hydrogen-bond acceptors (Lipinski definition) is 4. The molecule has 0 aliphatic rings. The predicted octanol–water partition coefficient (Wildman–Crippen LogP) is 0.710. The number of ether oxygens (including phenoxy) is 1. The first kappa shape index (κ1) is 16.9. The van der Waals surface area contributed by atoms with E-state index in [-0.39, 0.29) is 6.41 Å². The molecule has 3 N–H and O–H groups in total. The molecule has 21 heavy (non-hydrogen) atoms. The lowest BCUT2D eigenvalue weighted by Gasteiger charge is -2.20. The summed E-state index contributed by atoms with van der Waals surface area (Å²) in [5.41, 5.74) is 1.32. The molecule has 0 saturated heterocycles. The highest BCUT2D eigenvalue weighted by atomic mass is 16.5. The zero-order chi connectivity index (χ0) is 15.7. The lowest BCUT2D eigenvalue weighted by Crippen LogP contribution is -2.46. The third-order valence-corrected chi connectivity index (χ3v) is 2.93. The molecule has 0 bridgehead atoms. The minimum absolute atomic E-state index is 0.237. The van der Waals surface area contributed by atoms with Gasteiger partial charge in [0.25, 0.3) is 0 Å². The molecule has 1 aromatic rings. The summed E-state index contributed by atoms with van der Waals surface area (Å²) in [6, 6.07) is 8.18. The second kappa shape index (κ2) is 8.89. The number of rotatable bonds is 10. The first-order chi connectivity index (χ1) is 10.1. The van der Waals surface area contributed by atoms with Crippen LogP contribution >= 0.6 is 0 Å². The zero-order valence-electron chi connectivity index (χ0n) is 11.6. The lowest BCUT2D eigenvalue weighted by molar-refractivity contribution is -0.143. The Kier molecular flexibility index (Phi) is 7.14. The highest BCUT2D eigenvalue weighted by Crippen LogP contribution is 2.10. The van der Waals surface area contributed by atoms with Crippen LogP contribution in [0.5, 0.6) is 0 Å². The van der Waals surface area contributed by atoms with Crippen molar-refractivity contribution in [3.63, 3.8) is 0 Å². The number of carboxylic acids is 1. The standard InChI is InChI=1S/C15H19NO5/c1-11(14(18)13(15(19)20)16-10-17)7-8-21-9-12-5-3-2-4-6-12/h2-6,10,13-14,18H,1,7-9H2,(H,16,17)(H,19,20). The monoisotopic (exact) mass is 293 g/mol. The van der Waals surface area contributed by atoms with Crippen LogP contribution in [0.15, 0.2) is 42.5 Å².